The summed E-state index contributed by atoms with van der Waals surface area (Å²) in [6.45, 7) is 33.4. The molecule has 30 atom stereocenters. The zero-order valence-corrected chi connectivity index (χ0v) is 59.8. The van der Waals surface area contributed by atoms with E-state index in [1.807, 2.05) is 34.6 Å². The Kier molecular flexibility index (Phi) is 29.6. The van der Waals surface area contributed by atoms with Crippen molar-refractivity contribution in [1.29, 1.82) is 0 Å². The fourth-order valence-corrected chi connectivity index (χ4v) is 12.0. The minimum absolute atomic E-state index is 0. The topological polar surface area (TPSA) is 182 Å². The second-order valence-electron chi connectivity index (χ2n) is 21.8. The first-order valence-electron chi connectivity index (χ1n) is 26.7. The molecule has 16 unspecified atom stereocenters. The Morgan fingerprint density at radius 1 is 0.271 bits per heavy atom. The molecule has 15 nitrogen and oxygen atoms in total. The molecule has 18 heteroatoms. The molecule has 0 aliphatic carbocycles. The van der Waals surface area contributed by atoms with Gasteiger partial charge in [-0.25, -0.2) is 0 Å². The van der Waals surface area contributed by atoms with Gasteiger partial charge in [-0.15, -0.1) is 0 Å². The van der Waals surface area contributed by atoms with Crippen LogP contribution >= 0.6 is 0 Å². The summed E-state index contributed by atoms with van der Waals surface area (Å²) in [5, 5.41) is 44.6. The van der Waals surface area contributed by atoms with Crippen LogP contribution in [0, 0.1) is 191 Å². The number of rotatable bonds is 16. The maximum absolute atomic E-state index is 11.9. The molecule has 0 saturated carbocycles. The Bertz CT molecular complexity index is 1500. The zero-order chi connectivity index (χ0) is 49.3. The van der Waals surface area contributed by atoms with Gasteiger partial charge in [-0.05, 0) is 62.2 Å². The molecule has 3 radical (unpaired) electrons. The van der Waals surface area contributed by atoms with Crippen LogP contribution in [-0.2, 0) is 52.1 Å². The summed E-state index contributed by atoms with van der Waals surface area (Å²) in [6.07, 6.45) is -7.08. The standard InChI is InChI=1S/C52H94O15.3Ac/c1-17-33-24(8)23(7)27(11)48(58-33)64-45-31(15)40(54)51(61-37(45)21-5)67-43-26(10)29(13)50(60-36(43)20-4)65-46-32(16)41(55)52(62-38(46)22-6)66-42-25(9)28(12)49(59-35(42)19-3)63-44-30(14)39(53)47(56)57-34(44)18-2;;;/h23-56H,17-22H2,1-16H3;;;/t23?,24-,25?,26+,27?,28?,29?,30?,31?,32+,33?,34?,35?,36?,37?,38?,39?,40?,41?,42-,43+,44-,45-,46+,47-,48+,49+,50-,51+,52-;;;/m0.../s1. The molecule has 0 aromatic carbocycles. The van der Waals surface area contributed by atoms with Gasteiger partial charge >= 0.3 is 0 Å². The van der Waals surface area contributed by atoms with Gasteiger partial charge in [-0.2, -0.15) is 0 Å². The quantitative estimate of drug-likeness (QED) is 0.122. The van der Waals surface area contributed by atoms with Gasteiger partial charge in [0.15, 0.2) is 37.7 Å². The van der Waals surface area contributed by atoms with Gasteiger partial charge in [0.25, 0.3) is 0 Å². The molecule has 70 heavy (non-hydrogen) atoms. The third kappa shape index (κ3) is 14.8. The summed E-state index contributed by atoms with van der Waals surface area (Å²) >= 11 is 0. The molecule has 6 rings (SSSR count). The third-order valence-corrected chi connectivity index (χ3v) is 17.8. The van der Waals surface area contributed by atoms with Crippen LogP contribution in [0.1, 0.15) is 149 Å². The fraction of sp³-hybridized carbons (Fsp3) is 1.00. The molecule has 401 valence electrons. The Morgan fingerprint density at radius 2 is 0.514 bits per heavy atom. The molecule has 6 fully saturated rings. The SMILES string of the molecule is CCC1O[C@H](O[C@@H]2C(CC)O[C@H](O[C@H]3C(CC)O[C@@H](O[C@H]4C(CC)O[C@@H](O[C@@H]5C(CC)O[C@H](O[C@@H]6C(CC)O[C@H](O)C(O)C6C)C(C)C5C)C(O)[C@H]4C)C(C)[C@H]3C)C(O)C2C)C(C)C(C)[C@@H]1C.[Ac].[Ac].[Ac]. The second-order valence-corrected chi connectivity index (χ2v) is 21.8. The van der Waals surface area contributed by atoms with Gasteiger partial charge in [-0.1, -0.05) is 111 Å². The van der Waals surface area contributed by atoms with Gasteiger partial charge in [0.05, 0.1) is 67.1 Å². The van der Waals surface area contributed by atoms with Crippen LogP contribution in [0.5, 0.6) is 0 Å². The van der Waals surface area contributed by atoms with Crippen molar-refractivity contribution in [2.24, 2.45) is 59.2 Å². The molecular weight excluding hydrogens is 1550 g/mol. The van der Waals surface area contributed by atoms with Crippen molar-refractivity contribution in [1.82, 2.24) is 0 Å². The van der Waals surface area contributed by atoms with E-state index in [1.54, 1.807) is 0 Å². The number of aliphatic hydroxyl groups excluding tert-OH is 4. The van der Waals surface area contributed by atoms with Crippen molar-refractivity contribution < 1.29 is 205 Å². The molecule has 0 aromatic rings. The zero-order valence-electron chi connectivity index (χ0n) is 45.6. The molecule has 0 amide bonds. The first kappa shape index (κ1) is 68.0. The monoisotopic (exact) mass is 1640 g/mol. The van der Waals surface area contributed by atoms with Crippen molar-refractivity contribution >= 4 is 0 Å². The minimum Gasteiger partial charge on any atom is -0.387 e. The van der Waals surface area contributed by atoms with Crippen LogP contribution in [0.3, 0.4) is 0 Å². The van der Waals surface area contributed by atoms with Crippen LogP contribution in [0.2, 0.25) is 0 Å². The van der Waals surface area contributed by atoms with Crippen molar-refractivity contribution in [3.8, 4) is 0 Å². The fourth-order valence-electron chi connectivity index (χ4n) is 12.0. The molecular formula is C52H94Ac3O15. The Hall–Kier alpha value is 3.72. The number of hydrogen-bond acceptors (Lipinski definition) is 15. The molecule has 6 heterocycles. The average Bonchev–Trinajstić information content (AvgIpc) is 3.32. The Balaban J connectivity index is 0.00000432. The van der Waals surface area contributed by atoms with E-state index >= 15 is 0 Å². The van der Waals surface area contributed by atoms with E-state index < -0.39 is 68.1 Å². The van der Waals surface area contributed by atoms with Gasteiger partial charge in [-0.3, -0.25) is 0 Å². The summed E-state index contributed by atoms with van der Waals surface area (Å²) in [4.78, 5) is 0. The normalized spacial score (nSPS) is 51.1. The van der Waals surface area contributed by atoms with Crippen LogP contribution in [0.4, 0.5) is 0 Å². The summed E-state index contributed by atoms with van der Waals surface area (Å²) in [7, 11) is 0. The predicted octanol–water partition coefficient (Wildman–Crippen LogP) is 7.16. The van der Waals surface area contributed by atoms with Crippen molar-refractivity contribution in [2.75, 3.05) is 0 Å². The Labute approximate surface area is 529 Å². The summed E-state index contributed by atoms with van der Waals surface area (Å²) in [5.74, 6) is -0.167. The molecule has 4 N–H and O–H groups in total. The summed E-state index contributed by atoms with van der Waals surface area (Å²) < 4.78 is 72.7. The van der Waals surface area contributed by atoms with E-state index in [-0.39, 0.29) is 235 Å². The summed E-state index contributed by atoms with van der Waals surface area (Å²) in [5.41, 5.74) is 0. The van der Waals surface area contributed by atoms with E-state index in [0.717, 1.165) is 6.42 Å². The van der Waals surface area contributed by atoms with Gasteiger partial charge in [0.2, 0.25) is 0 Å². The first-order chi connectivity index (χ1) is 31.8. The second kappa shape index (κ2) is 30.5. The average molecular weight is 1640 g/mol. The van der Waals surface area contributed by atoms with Gasteiger partial charge < -0.3 is 72.5 Å². The predicted molar refractivity (Wildman–Crippen MR) is 250 cm³/mol. The summed E-state index contributed by atoms with van der Waals surface area (Å²) in [6, 6.07) is 0. The van der Waals surface area contributed by atoms with Crippen LogP contribution in [-0.4, -0.2) is 144 Å². The van der Waals surface area contributed by atoms with E-state index in [4.69, 9.17) is 52.1 Å². The van der Waals surface area contributed by atoms with Gasteiger partial charge in [0.1, 0.15) is 18.3 Å². The van der Waals surface area contributed by atoms with Crippen LogP contribution in [0.15, 0.2) is 0 Å². The molecule has 0 spiro atoms. The van der Waals surface area contributed by atoms with E-state index in [9.17, 15) is 20.4 Å². The van der Waals surface area contributed by atoms with Gasteiger partial charge in [0, 0.05) is 168 Å². The molecule has 6 aliphatic heterocycles. The number of hydrogen-bond donors (Lipinski definition) is 4. The molecule has 6 saturated heterocycles. The minimum atomic E-state index is -1.26. The van der Waals surface area contributed by atoms with E-state index in [0.29, 0.717) is 43.9 Å². The van der Waals surface area contributed by atoms with Crippen LogP contribution in [0.25, 0.3) is 0 Å². The van der Waals surface area contributed by atoms with E-state index in [1.165, 1.54) is 0 Å². The Morgan fingerprint density at radius 3 is 0.843 bits per heavy atom. The van der Waals surface area contributed by atoms with Crippen molar-refractivity contribution in [3.05, 3.63) is 0 Å². The molecule has 0 bridgehead atoms. The molecule has 0 aromatic heterocycles. The maximum Gasteiger partial charge on any atom is 0.184 e. The van der Waals surface area contributed by atoms with Crippen molar-refractivity contribution in [3.63, 3.8) is 0 Å². The smallest absolute Gasteiger partial charge is 0.184 e. The van der Waals surface area contributed by atoms with Crippen molar-refractivity contribution in [2.45, 2.75) is 273 Å². The number of ether oxygens (including phenoxy) is 11. The largest absolute Gasteiger partial charge is 0.387 e. The van der Waals surface area contributed by atoms with Crippen LogP contribution < -0.4 is 0 Å². The number of aliphatic hydroxyl groups is 4. The third-order valence-electron chi connectivity index (χ3n) is 17.8. The first-order valence-corrected chi connectivity index (χ1v) is 26.7. The van der Waals surface area contributed by atoms with E-state index in [2.05, 4.69) is 76.2 Å². The molecule has 6 aliphatic rings. The maximum atomic E-state index is 11.9.